The molecule has 0 aliphatic carbocycles. The van der Waals surface area contributed by atoms with Gasteiger partial charge in [0.25, 0.3) is 15.9 Å². The van der Waals surface area contributed by atoms with Gasteiger partial charge in [-0.05, 0) is 60.7 Å². The average molecular weight is 513 g/mol. The van der Waals surface area contributed by atoms with Crippen molar-refractivity contribution < 1.29 is 17.9 Å². The van der Waals surface area contributed by atoms with Crippen LogP contribution in [0, 0.1) is 0 Å². The van der Waals surface area contributed by atoms with Crippen LogP contribution in [0.4, 0.5) is 11.4 Å². The van der Waals surface area contributed by atoms with Crippen LogP contribution in [0.1, 0.15) is 10.4 Å². The number of hydrogen-bond acceptors (Lipinski definition) is 4. The number of hydrogen-bond donors (Lipinski definition) is 2. The van der Waals surface area contributed by atoms with Crippen molar-refractivity contribution in [3.8, 4) is 11.5 Å². The van der Waals surface area contributed by atoms with Crippen LogP contribution in [0.15, 0.2) is 102 Å². The van der Waals surface area contributed by atoms with Crippen molar-refractivity contribution in [3.05, 3.63) is 113 Å². The van der Waals surface area contributed by atoms with E-state index in [4.69, 9.17) is 27.9 Å². The number of carbonyl (C=O) groups is 1. The predicted molar refractivity (Wildman–Crippen MR) is 135 cm³/mol. The first kappa shape index (κ1) is 23.6. The van der Waals surface area contributed by atoms with E-state index in [0.29, 0.717) is 22.2 Å². The zero-order valence-corrected chi connectivity index (χ0v) is 19.9. The van der Waals surface area contributed by atoms with Crippen molar-refractivity contribution in [2.75, 3.05) is 10.0 Å². The molecule has 2 N–H and O–H groups in total. The van der Waals surface area contributed by atoms with Crippen molar-refractivity contribution in [2.45, 2.75) is 4.90 Å². The van der Waals surface area contributed by atoms with E-state index in [2.05, 4.69) is 10.0 Å². The molecule has 4 aromatic rings. The van der Waals surface area contributed by atoms with Gasteiger partial charge in [0, 0.05) is 10.6 Å². The molecule has 0 radical (unpaired) electrons. The third-order valence-corrected chi connectivity index (χ3v) is 6.62. The Morgan fingerprint density at radius 1 is 0.765 bits per heavy atom. The second-order valence-corrected chi connectivity index (χ2v) is 9.65. The first-order chi connectivity index (χ1) is 16.3. The summed E-state index contributed by atoms with van der Waals surface area (Å²) in [5.41, 5.74) is 0.738. The summed E-state index contributed by atoms with van der Waals surface area (Å²) in [4.78, 5) is 13.0. The summed E-state index contributed by atoms with van der Waals surface area (Å²) in [5.74, 6) is 0.528. The molecule has 0 bridgehead atoms. The first-order valence-electron chi connectivity index (χ1n) is 10.0. The molecule has 0 fully saturated rings. The second kappa shape index (κ2) is 10.2. The predicted octanol–water partition coefficient (Wildman–Crippen LogP) is 6.84. The quantitative estimate of drug-likeness (QED) is 0.284. The van der Waals surface area contributed by atoms with Gasteiger partial charge in [-0.3, -0.25) is 9.52 Å². The van der Waals surface area contributed by atoms with Crippen LogP contribution in [0.25, 0.3) is 0 Å². The summed E-state index contributed by atoms with van der Waals surface area (Å²) < 4.78 is 33.4. The van der Waals surface area contributed by atoms with Crippen molar-refractivity contribution in [1.29, 1.82) is 0 Å². The summed E-state index contributed by atoms with van der Waals surface area (Å²) in [7, 11) is -3.82. The van der Waals surface area contributed by atoms with E-state index < -0.39 is 15.9 Å². The fraction of sp³-hybridized carbons (Fsp3) is 0. The number of carbonyl (C=O) groups excluding carboxylic acids is 1. The van der Waals surface area contributed by atoms with Crippen LogP contribution in [0.3, 0.4) is 0 Å². The van der Waals surface area contributed by atoms with E-state index in [1.165, 1.54) is 30.3 Å². The van der Waals surface area contributed by atoms with E-state index in [9.17, 15) is 13.2 Å². The van der Waals surface area contributed by atoms with Crippen molar-refractivity contribution in [2.24, 2.45) is 0 Å². The van der Waals surface area contributed by atoms with Crippen LogP contribution < -0.4 is 14.8 Å². The Kier molecular flexibility index (Phi) is 7.07. The standard InChI is InChI=1S/C25H18Cl2N2O4S/c26-18-12-14-24(33-19-7-3-1-4-8-19)23(16-18)28-25(30)17-11-13-22(21(27)15-17)29-34(31,32)20-9-5-2-6-10-20/h1-16,29H,(H,28,30). The third-order valence-electron chi connectivity index (χ3n) is 4.69. The van der Waals surface area contributed by atoms with Crippen LogP contribution in [-0.2, 0) is 10.0 Å². The van der Waals surface area contributed by atoms with Crippen molar-refractivity contribution in [1.82, 2.24) is 0 Å². The fourth-order valence-electron chi connectivity index (χ4n) is 3.04. The molecule has 0 aromatic heterocycles. The number of amides is 1. The van der Waals surface area contributed by atoms with Gasteiger partial charge >= 0.3 is 0 Å². The molecule has 9 heteroatoms. The van der Waals surface area contributed by atoms with Crippen LogP contribution in [0.5, 0.6) is 11.5 Å². The molecule has 0 saturated carbocycles. The SMILES string of the molecule is O=C(Nc1cc(Cl)ccc1Oc1ccccc1)c1ccc(NS(=O)(=O)c2ccccc2)c(Cl)c1. The molecule has 6 nitrogen and oxygen atoms in total. The first-order valence-corrected chi connectivity index (χ1v) is 12.3. The number of halogens is 2. The number of benzene rings is 4. The lowest BCUT2D eigenvalue weighted by molar-refractivity contribution is 0.102. The normalized spacial score (nSPS) is 11.0. The van der Waals surface area contributed by atoms with E-state index in [1.54, 1.807) is 48.5 Å². The zero-order valence-electron chi connectivity index (χ0n) is 17.5. The summed E-state index contributed by atoms with van der Waals surface area (Å²) in [6.45, 7) is 0. The number of anilines is 2. The monoisotopic (exact) mass is 512 g/mol. The molecule has 172 valence electrons. The van der Waals surface area contributed by atoms with E-state index >= 15 is 0 Å². The number of nitrogens with one attached hydrogen (secondary N) is 2. The Morgan fingerprint density at radius 2 is 1.44 bits per heavy atom. The van der Waals surface area contributed by atoms with Crippen LogP contribution in [-0.4, -0.2) is 14.3 Å². The Labute approximate surface area is 207 Å². The topological polar surface area (TPSA) is 84.5 Å². The molecule has 0 atom stereocenters. The zero-order chi connectivity index (χ0) is 24.1. The maximum Gasteiger partial charge on any atom is 0.261 e. The molecule has 1 amide bonds. The van der Waals surface area contributed by atoms with Crippen LogP contribution in [0.2, 0.25) is 10.0 Å². The van der Waals surface area contributed by atoms with Crippen LogP contribution >= 0.6 is 23.2 Å². The number of para-hydroxylation sites is 1. The smallest absolute Gasteiger partial charge is 0.261 e. The summed E-state index contributed by atoms with van der Waals surface area (Å²) >= 11 is 12.4. The highest BCUT2D eigenvalue weighted by molar-refractivity contribution is 7.92. The highest BCUT2D eigenvalue weighted by Crippen LogP contribution is 2.33. The highest BCUT2D eigenvalue weighted by atomic mass is 35.5. The lowest BCUT2D eigenvalue weighted by atomic mass is 10.2. The highest BCUT2D eigenvalue weighted by Gasteiger charge is 2.17. The van der Waals surface area contributed by atoms with Gasteiger partial charge in [0.05, 0.1) is 21.3 Å². The van der Waals surface area contributed by atoms with Gasteiger partial charge in [-0.1, -0.05) is 59.6 Å². The van der Waals surface area contributed by atoms with Gasteiger partial charge in [0.15, 0.2) is 5.75 Å². The van der Waals surface area contributed by atoms with Crippen molar-refractivity contribution >= 4 is 50.5 Å². The Morgan fingerprint density at radius 3 is 2.12 bits per heavy atom. The molecule has 34 heavy (non-hydrogen) atoms. The number of rotatable bonds is 7. The summed E-state index contributed by atoms with van der Waals surface area (Å²) in [6.07, 6.45) is 0. The molecule has 0 spiro atoms. The molecular formula is C25H18Cl2N2O4S. The van der Waals surface area contributed by atoms with Gasteiger partial charge in [0.1, 0.15) is 5.75 Å². The minimum absolute atomic E-state index is 0.0685. The number of ether oxygens (including phenoxy) is 1. The van der Waals surface area contributed by atoms with E-state index in [-0.39, 0.29) is 21.2 Å². The minimum atomic E-state index is -3.82. The van der Waals surface area contributed by atoms with Gasteiger partial charge < -0.3 is 10.1 Å². The largest absolute Gasteiger partial charge is 0.455 e. The fourth-order valence-corrected chi connectivity index (χ4v) is 4.60. The Bertz CT molecular complexity index is 1430. The molecular weight excluding hydrogens is 495 g/mol. The van der Waals surface area contributed by atoms with Gasteiger partial charge in [-0.25, -0.2) is 8.42 Å². The van der Waals surface area contributed by atoms with E-state index in [1.807, 2.05) is 18.2 Å². The molecule has 0 aliphatic rings. The maximum atomic E-state index is 12.9. The molecule has 0 aliphatic heterocycles. The van der Waals surface area contributed by atoms with Gasteiger partial charge in [0.2, 0.25) is 0 Å². The average Bonchev–Trinajstić information content (AvgIpc) is 2.83. The van der Waals surface area contributed by atoms with Gasteiger partial charge in [-0.2, -0.15) is 0 Å². The third kappa shape index (κ3) is 5.69. The Hall–Kier alpha value is -3.52. The Balaban J connectivity index is 1.53. The molecule has 0 saturated heterocycles. The minimum Gasteiger partial charge on any atom is -0.455 e. The number of sulfonamides is 1. The molecule has 4 aromatic carbocycles. The lowest BCUT2D eigenvalue weighted by Gasteiger charge is -2.14. The maximum absolute atomic E-state index is 12.9. The summed E-state index contributed by atoms with van der Waals surface area (Å²) in [5, 5.41) is 3.25. The molecule has 0 heterocycles. The lowest BCUT2D eigenvalue weighted by Crippen LogP contribution is -2.15. The second-order valence-electron chi connectivity index (χ2n) is 7.12. The molecule has 4 rings (SSSR count). The summed E-state index contributed by atoms with van der Waals surface area (Å²) in [6, 6.07) is 26.1. The molecule has 0 unspecified atom stereocenters. The van der Waals surface area contributed by atoms with Gasteiger partial charge in [-0.15, -0.1) is 0 Å². The van der Waals surface area contributed by atoms with E-state index in [0.717, 1.165) is 0 Å². The van der Waals surface area contributed by atoms with Crippen molar-refractivity contribution in [3.63, 3.8) is 0 Å².